The van der Waals surface area contributed by atoms with Gasteiger partial charge in [-0.15, -0.1) is 0 Å². The molecule has 0 radical (unpaired) electrons. The van der Waals surface area contributed by atoms with Crippen LogP contribution in [0, 0.1) is 15.9 Å². The van der Waals surface area contributed by atoms with Gasteiger partial charge in [0.05, 0.1) is 17.6 Å². The van der Waals surface area contributed by atoms with Crippen LogP contribution in [-0.4, -0.2) is 34.6 Å². The third kappa shape index (κ3) is 5.12. The van der Waals surface area contributed by atoms with Gasteiger partial charge in [0.15, 0.2) is 0 Å². The zero-order chi connectivity index (χ0) is 16.7. The van der Waals surface area contributed by atoms with Crippen LogP contribution >= 0.6 is 0 Å². The van der Waals surface area contributed by atoms with Crippen molar-refractivity contribution in [3.05, 3.63) is 75.6 Å². The van der Waals surface area contributed by atoms with Crippen LogP contribution in [0.5, 0.6) is 0 Å². The fraction of sp³-hybridized carbons (Fsp3) is 0.294. The lowest BCUT2D eigenvalue weighted by molar-refractivity contribution is -0.385. The molecule has 0 spiro atoms. The van der Waals surface area contributed by atoms with Crippen LogP contribution in [0.3, 0.4) is 0 Å². The molecule has 0 aliphatic heterocycles. The molecule has 23 heavy (non-hydrogen) atoms. The molecule has 2 rings (SSSR count). The molecule has 0 heterocycles. The number of non-ortho nitro benzene ring substituents is 1. The van der Waals surface area contributed by atoms with Gasteiger partial charge in [0.1, 0.15) is 5.82 Å². The second kappa shape index (κ2) is 8.36. The summed E-state index contributed by atoms with van der Waals surface area (Å²) in [5, 5.41) is 19.8. The first-order valence-electron chi connectivity index (χ1n) is 7.40. The molecule has 122 valence electrons. The van der Waals surface area contributed by atoms with Gasteiger partial charge in [0, 0.05) is 31.3 Å². The lowest BCUT2D eigenvalue weighted by Gasteiger charge is -2.21. The number of nitro groups is 1. The summed E-state index contributed by atoms with van der Waals surface area (Å²) in [6.07, 6.45) is 0.787. The highest BCUT2D eigenvalue weighted by Crippen LogP contribution is 2.18. The Kier molecular flexibility index (Phi) is 6.19. The summed E-state index contributed by atoms with van der Waals surface area (Å²) in [6.45, 7) is 1.37. The average molecular weight is 318 g/mol. The second-order valence-corrected chi connectivity index (χ2v) is 5.27. The van der Waals surface area contributed by atoms with Crippen LogP contribution in [0.15, 0.2) is 48.5 Å². The van der Waals surface area contributed by atoms with E-state index < -0.39 is 10.7 Å². The number of nitro benzene ring substituents is 1. The van der Waals surface area contributed by atoms with Crippen molar-refractivity contribution in [3.8, 4) is 0 Å². The summed E-state index contributed by atoms with van der Waals surface area (Å²) in [5.74, 6) is -0.596. The van der Waals surface area contributed by atoms with E-state index >= 15 is 0 Å². The van der Waals surface area contributed by atoms with E-state index in [0.717, 1.165) is 12.5 Å². The van der Waals surface area contributed by atoms with Crippen molar-refractivity contribution < 1.29 is 14.4 Å². The molecule has 1 N–H and O–H groups in total. The summed E-state index contributed by atoms with van der Waals surface area (Å²) in [5.41, 5.74) is 1.29. The maximum atomic E-state index is 14.0. The van der Waals surface area contributed by atoms with E-state index in [4.69, 9.17) is 0 Å². The normalized spacial score (nSPS) is 10.9. The van der Waals surface area contributed by atoms with Gasteiger partial charge in [-0.25, -0.2) is 4.39 Å². The fourth-order valence-electron chi connectivity index (χ4n) is 2.36. The topological polar surface area (TPSA) is 66.6 Å². The number of hydrogen-bond donors (Lipinski definition) is 1. The van der Waals surface area contributed by atoms with E-state index in [9.17, 15) is 19.6 Å². The minimum atomic E-state index is -0.617. The average Bonchev–Trinajstić information content (AvgIpc) is 2.55. The molecule has 0 saturated carbocycles. The molecule has 0 unspecified atom stereocenters. The van der Waals surface area contributed by atoms with Gasteiger partial charge in [-0.1, -0.05) is 30.3 Å². The molecule has 5 nitrogen and oxygen atoms in total. The number of rotatable bonds is 8. The second-order valence-electron chi connectivity index (χ2n) is 5.27. The Morgan fingerprint density at radius 3 is 2.48 bits per heavy atom. The highest BCUT2D eigenvalue weighted by molar-refractivity contribution is 5.34. The van der Waals surface area contributed by atoms with E-state index in [1.807, 2.05) is 35.2 Å². The predicted octanol–water partition coefficient (Wildman–Crippen LogP) is 2.77. The number of nitrogens with zero attached hydrogens (tertiary/aromatic N) is 2. The maximum absolute atomic E-state index is 14.0. The van der Waals surface area contributed by atoms with Crippen LogP contribution in [-0.2, 0) is 13.0 Å². The highest BCUT2D eigenvalue weighted by Gasteiger charge is 2.13. The quantitative estimate of drug-likeness (QED) is 0.600. The van der Waals surface area contributed by atoms with E-state index in [2.05, 4.69) is 0 Å². The summed E-state index contributed by atoms with van der Waals surface area (Å²) >= 11 is 0. The standard InChI is InChI=1S/C17H19FN2O3/c18-17-12-16(20(22)23)7-6-15(17)13-19(10-11-21)9-8-14-4-2-1-3-5-14/h1-7,12,21H,8-11,13H2. The number of aliphatic hydroxyl groups excluding tert-OH is 1. The van der Waals surface area contributed by atoms with Gasteiger partial charge >= 0.3 is 0 Å². The van der Waals surface area contributed by atoms with Crippen molar-refractivity contribution >= 4 is 5.69 Å². The Labute approximate surface area is 134 Å². The van der Waals surface area contributed by atoms with Gasteiger partial charge in [-0.3, -0.25) is 15.0 Å². The molecule has 2 aromatic rings. The zero-order valence-corrected chi connectivity index (χ0v) is 12.7. The molecule has 2 aromatic carbocycles. The third-order valence-electron chi connectivity index (χ3n) is 3.62. The SMILES string of the molecule is O=[N+]([O-])c1ccc(CN(CCO)CCc2ccccc2)c(F)c1. The number of hydrogen-bond acceptors (Lipinski definition) is 4. The van der Waals surface area contributed by atoms with Crippen molar-refractivity contribution in [2.75, 3.05) is 19.7 Å². The Hall–Kier alpha value is -2.31. The Morgan fingerprint density at radius 1 is 1.13 bits per heavy atom. The smallest absolute Gasteiger partial charge is 0.272 e. The van der Waals surface area contributed by atoms with Gasteiger partial charge in [-0.2, -0.15) is 0 Å². The molecular weight excluding hydrogens is 299 g/mol. The first-order valence-corrected chi connectivity index (χ1v) is 7.40. The van der Waals surface area contributed by atoms with Crippen molar-refractivity contribution in [1.82, 2.24) is 4.90 Å². The Bertz CT molecular complexity index is 650. The molecule has 0 amide bonds. The molecule has 0 saturated heterocycles. The first kappa shape index (κ1) is 17.1. The lowest BCUT2D eigenvalue weighted by Crippen LogP contribution is -2.29. The summed E-state index contributed by atoms with van der Waals surface area (Å²) in [6, 6.07) is 13.6. The van der Waals surface area contributed by atoms with Crippen molar-refractivity contribution in [2.24, 2.45) is 0 Å². The Morgan fingerprint density at radius 2 is 1.87 bits per heavy atom. The van der Waals surface area contributed by atoms with Crippen LogP contribution < -0.4 is 0 Å². The predicted molar refractivity (Wildman–Crippen MR) is 85.6 cm³/mol. The van der Waals surface area contributed by atoms with Crippen LogP contribution in [0.4, 0.5) is 10.1 Å². The largest absolute Gasteiger partial charge is 0.395 e. The summed E-state index contributed by atoms with van der Waals surface area (Å²) in [4.78, 5) is 12.0. The Balaban J connectivity index is 2.02. The number of aliphatic hydroxyl groups is 1. The van der Waals surface area contributed by atoms with E-state index in [1.54, 1.807) is 0 Å². The van der Waals surface area contributed by atoms with Crippen LogP contribution in [0.25, 0.3) is 0 Å². The maximum Gasteiger partial charge on any atom is 0.272 e. The number of benzene rings is 2. The van der Waals surface area contributed by atoms with E-state index in [0.29, 0.717) is 25.2 Å². The third-order valence-corrected chi connectivity index (χ3v) is 3.62. The molecule has 6 heteroatoms. The number of halogens is 1. The van der Waals surface area contributed by atoms with Crippen molar-refractivity contribution in [1.29, 1.82) is 0 Å². The first-order chi connectivity index (χ1) is 11.1. The zero-order valence-electron chi connectivity index (χ0n) is 12.7. The van der Waals surface area contributed by atoms with Gasteiger partial charge in [-0.05, 0) is 18.1 Å². The van der Waals surface area contributed by atoms with Gasteiger partial charge in [0.2, 0.25) is 0 Å². The van der Waals surface area contributed by atoms with E-state index in [1.165, 1.54) is 17.7 Å². The summed E-state index contributed by atoms with van der Waals surface area (Å²) in [7, 11) is 0. The minimum absolute atomic E-state index is 0.0244. The molecule has 0 fully saturated rings. The highest BCUT2D eigenvalue weighted by atomic mass is 19.1. The minimum Gasteiger partial charge on any atom is -0.395 e. The monoisotopic (exact) mass is 318 g/mol. The van der Waals surface area contributed by atoms with Crippen LogP contribution in [0.1, 0.15) is 11.1 Å². The molecule has 0 aliphatic carbocycles. The molecule has 0 aromatic heterocycles. The summed E-state index contributed by atoms with van der Waals surface area (Å²) < 4.78 is 14.0. The lowest BCUT2D eigenvalue weighted by atomic mass is 10.1. The molecule has 0 atom stereocenters. The van der Waals surface area contributed by atoms with Crippen molar-refractivity contribution in [3.63, 3.8) is 0 Å². The molecule has 0 aliphatic rings. The molecule has 0 bridgehead atoms. The van der Waals surface area contributed by atoms with E-state index in [-0.39, 0.29) is 12.3 Å². The molecular formula is C17H19FN2O3. The van der Waals surface area contributed by atoms with Crippen LogP contribution in [0.2, 0.25) is 0 Å². The van der Waals surface area contributed by atoms with Crippen molar-refractivity contribution in [2.45, 2.75) is 13.0 Å². The van der Waals surface area contributed by atoms with Gasteiger partial charge in [0.25, 0.3) is 5.69 Å². The fourth-order valence-corrected chi connectivity index (χ4v) is 2.36. The van der Waals surface area contributed by atoms with Gasteiger partial charge < -0.3 is 5.11 Å².